The molecular formula is C16H22FNO4. The minimum absolute atomic E-state index is 0.0280. The number of nitrogens with zero attached hydrogens (tertiary/aromatic N) is 1. The SMILES string of the molecule is CCOC(=O)CCN(CCCO)C(=O)Cc1ccc(F)cc1. The highest BCUT2D eigenvalue weighted by Crippen LogP contribution is 2.07. The summed E-state index contributed by atoms with van der Waals surface area (Å²) in [5.74, 6) is -0.869. The number of aliphatic hydroxyl groups excluding tert-OH is 1. The summed E-state index contributed by atoms with van der Waals surface area (Å²) in [6.45, 7) is 2.62. The minimum Gasteiger partial charge on any atom is -0.466 e. The Balaban J connectivity index is 2.58. The minimum atomic E-state index is -0.355. The van der Waals surface area contributed by atoms with Crippen LogP contribution in [0, 0.1) is 5.82 Å². The highest BCUT2D eigenvalue weighted by atomic mass is 19.1. The van der Waals surface area contributed by atoms with E-state index in [1.54, 1.807) is 19.1 Å². The first-order valence-corrected chi connectivity index (χ1v) is 7.35. The Labute approximate surface area is 129 Å². The van der Waals surface area contributed by atoms with E-state index in [0.717, 1.165) is 0 Å². The summed E-state index contributed by atoms with van der Waals surface area (Å²) in [6.07, 6.45) is 0.695. The van der Waals surface area contributed by atoms with Gasteiger partial charge in [0.25, 0.3) is 0 Å². The lowest BCUT2D eigenvalue weighted by Gasteiger charge is -2.22. The van der Waals surface area contributed by atoms with Gasteiger partial charge in [-0.15, -0.1) is 0 Å². The van der Waals surface area contributed by atoms with Gasteiger partial charge in [-0.1, -0.05) is 12.1 Å². The summed E-state index contributed by atoms with van der Waals surface area (Å²) in [6, 6.07) is 5.73. The lowest BCUT2D eigenvalue weighted by Crippen LogP contribution is -2.35. The predicted molar refractivity (Wildman–Crippen MR) is 79.6 cm³/mol. The van der Waals surface area contributed by atoms with Crippen LogP contribution in [0.25, 0.3) is 0 Å². The van der Waals surface area contributed by atoms with Crippen molar-refractivity contribution in [1.29, 1.82) is 0 Å². The Morgan fingerprint density at radius 1 is 1.23 bits per heavy atom. The van der Waals surface area contributed by atoms with Crippen molar-refractivity contribution in [1.82, 2.24) is 4.90 Å². The van der Waals surface area contributed by atoms with E-state index >= 15 is 0 Å². The van der Waals surface area contributed by atoms with Gasteiger partial charge in [-0.05, 0) is 31.0 Å². The molecule has 1 aromatic carbocycles. The fourth-order valence-electron chi connectivity index (χ4n) is 1.97. The van der Waals surface area contributed by atoms with E-state index < -0.39 is 0 Å². The third-order valence-corrected chi connectivity index (χ3v) is 3.10. The van der Waals surface area contributed by atoms with Crippen LogP contribution in [-0.4, -0.2) is 48.2 Å². The first-order valence-electron chi connectivity index (χ1n) is 7.35. The molecule has 1 amide bonds. The highest BCUT2D eigenvalue weighted by molar-refractivity contribution is 5.79. The average molecular weight is 311 g/mol. The largest absolute Gasteiger partial charge is 0.466 e. The van der Waals surface area contributed by atoms with Gasteiger partial charge >= 0.3 is 5.97 Å². The van der Waals surface area contributed by atoms with Crippen LogP contribution in [0.15, 0.2) is 24.3 Å². The van der Waals surface area contributed by atoms with E-state index in [9.17, 15) is 14.0 Å². The van der Waals surface area contributed by atoms with Crippen LogP contribution in [0.1, 0.15) is 25.3 Å². The Kier molecular flexibility index (Phi) is 8.14. The van der Waals surface area contributed by atoms with Crippen molar-refractivity contribution in [2.75, 3.05) is 26.3 Å². The Hall–Kier alpha value is -1.95. The molecule has 22 heavy (non-hydrogen) atoms. The smallest absolute Gasteiger partial charge is 0.307 e. The van der Waals surface area contributed by atoms with Crippen LogP contribution in [0.4, 0.5) is 4.39 Å². The molecule has 0 fully saturated rings. The Morgan fingerprint density at radius 2 is 1.91 bits per heavy atom. The summed E-state index contributed by atoms with van der Waals surface area (Å²) >= 11 is 0. The van der Waals surface area contributed by atoms with Crippen molar-refractivity contribution in [2.45, 2.75) is 26.2 Å². The second kappa shape index (κ2) is 9.89. The number of benzene rings is 1. The molecule has 122 valence electrons. The third kappa shape index (κ3) is 6.67. The standard InChI is InChI=1S/C16H22FNO4/c1-2-22-16(21)8-10-18(9-3-11-19)15(20)12-13-4-6-14(17)7-5-13/h4-7,19H,2-3,8-12H2,1H3. The van der Waals surface area contributed by atoms with Gasteiger partial charge in [0.05, 0.1) is 19.4 Å². The average Bonchev–Trinajstić information content (AvgIpc) is 2.50. The van der Waals surface area contributed by atoms with Crippen LogP contribution >= 0.6 is 0 Å². The maximum atomic E-state index is 12.9. The molecule has 1 rings (SSSR count). The molecule has 0 aliphatic carbocycles. The Bertz CT molecular complexity index is 476. The molecule has 0 spiro atoms. The molecule has 0 unspecified atom stereocenters. The molecular weight excluding hydrogens is 289 g/mol. The van der Waals surface area contributed by atoms with E-state index in [0.29, 0.717) is 25.1 Å². The van der Waals surface area contributed by atoms with Gasteiger partial charge in [-0.25, -0.2) is 4.39 Å². The normalized spacial score (nSPS) is 10.3. The van der Waals surface area contributed by atoms with Crippen molar-refractivity contribution in [3.63, 3.8) is 0 Å². The number of carbonyl (C=O) groups excluding carboxylic acids is 2. The molecule has 6 heteroatoms. The molecule has 0 aliphatic heterocycles. The van der Waals surface area contributed by atoms with E-state index in [2.05, 4.69) is 0 Å². The summed E-state index contributed by atoms with van der Waals surface area (Å²) in [7, 11) is 0. The van der Waals surface area contributed by atoms with Gasteiger partial charge in [0, 0.05) is 19.7 Å². The molecule has 0 aromatic heterocycles. The summed E-state index contributed by atoms with van der Waals surface area (Å²) in [5, 5.41) is 8.91. The summed E-state index contributed by atoms with van der Waals surface area (Å²) in [4.78, 5) is 25.2. The molecule has 5 nitrogen and oxygen atoms in total. The van der Waals surface area contributed by atoms with Gasteiger partial charge in [0.15, 0.2) is 0 Å². The van der Waals surface area contributed by atoms with Gasteiger partial charge in [-0.3, -0.25) is 9.59 Å². The van der Waals surface area contributed by atoms with Crippen LogP contribution in [-0.2, 0) is 20.7 Å². The number of ether oxygens (including phenoxy) is 1. The van der Waals surface area contributed by atoms with Crippen LogP contribution in [0.5, 0.6) is 0 Å². The van der Waals surface area contributed by atoms with Crippen LogP contribution in [0.3, 0.4) is 0 Å². The molecule has 0 heterocycles. The summed E-state index contributed by atoms with van der Waals surface area (Å²) < 4.78 is 17.7. The number of rotatable bonds is 9. The van der Waals surface area contributed by atoms with Crippen molar-refractivity contribution < 1.29 is 23.8 Å². The molecule has 0 atom stereocenters. The lowest BCUT2D eigenvalue weighted by molar-refractivity contribution is -0.144. The number of hydrogen-bond donors (Lipinski definition) is 1. The number of esters is 1. The van der Waals surface area contributed by atoms with Crippen molar-refractivity contribution >= 4 is 11.9 Å². The first kappa shape index (κ1) is 18.1. The summed E-state index contributed by atoms with van der Waals surface area (Å²) in [5.41, 5.74) is 0.705. The fraction of sp³-hybridized carbons (Fsp3) is 0.500. The van der Waals surface area contributed by atoms with Crippen molar-refractivity contribution in [3.05, 3.63) is 35.6 Å². The number of carbonyl (C=O) groups is 2. The van der Waals surface area contributed by atoms with Gasteiger partial charge in [0.2, 0.25) is 5.91 Å². The second-order valence-electron chi connectivity index (χ2n) is 4.82. The predicted octanol–water partition coefficient (Wildman–Crippen LogP) is 1.53. The van der Waals surface area contributed by atoms with E-state index in [-0.39, 0.29) is 43.7 Å². The zero-order chi connectivity index (χ0) is 16.4. The number of aliphatic hydroxyl groups is 1. The van der Waals surface area contributed by atoms with Crippen molar-refractivity contribution in [2.24, 2.45) is 0 Å². The van der Waals surface area contributed by atoms with Crippen LogP contribution in [0.2, 0.25) is 0 Å². The van der Waals surface area contributed by atoms with Crippen LogP contribution < -0.4 is 0 Å². The first-order chi connectivity index (χ1) is 10.6. The number of halogens is 1. The van der Waals surface area contributed by atoms with Gasteiger partial charge in [0.1, 0.15) is 5.82 Å². The van der Waals surface area contributed by atoms with E-state index in [4.69, 9.17) is 9.84 Å². The quantitative estimate of drug-likeness (QED) is 0.702. The molecule has 0 radical (unpaired) electrons. The maximum Gasteiger partial charge on any atom is 0.307 e. The molecule has 0 saturated heterocycles. The topological polar surface area (TPSA) is 66.8 Å². The zero-order valence-electron chi connectivity index (χ0n) is 12.8. The lowest BCUT2D eigenvalue weighted by atomic mass is 10.1. The molecule has 0 aliphatic rings. The fourth-order valence-corrected chi connectivity index (χ4v) is 1.97. The molecule has 0 bridgehead atoms. The van der Waals surface area contributed by atoms with Crippen molar-refractivity contribution in [3.8, 4) is 0 Å². The zero-order valence-corrected chi connectivity index (χ0v) is 12.8. The second-order valence-corrected chi connectivity index (χ2v) is 4.82. The van der Waals surface area contributed by atoms with Gasteiger partial charge < -0.3 is 14.7 Å². The van der Waals surface area contributed by atoms with E-state index in [1.807, 2.05) is 0 Å². The van der Waals surface area contributed by atoms with E-state index in [1.165, 1.54) is 17.0 Å². The maximum absolute atomic E-state index is 12.9. The number of amides is 1. The van der Waals surface area contributed by atoms with Gasteiger partial charge in [-0.2, -0.15) is 0 Å². The number of hydrogen-bond acceptors (Lipinski definition) is 4. The highest BCUT2D eigenvalue weighted by Gasteiger charge is 2.15. The third-order valence-electron chi connectivity index (χ3n) is 3.10. The molecule has 0 saturated carbocycles. The Morgan fingerprint density at radius 3 is 2.50 bits per heavy atom. The monoisotopic (exact) mass is 311 g/mol. The molecule has 1 aromatic rings. The molecule has 1 N–H and O–H groups in total.